The third-order valence-electron chi connectivity index (χ3n) is 3.58. The molecule has 1 aliphatic rings. The summed E-state index contributed by atoms with van der Waals surface area (Å²) in [6.07, 6.45) is 4.17. The van der Waals surface area contributed by atoms with Crippen LogP contribution in [0.25, 0.3) is 0 Å². The molecule has 0 spiro atoms. The number of anilines is 1. The first-order valence-electron chi connectivity index (χ1n) is 7.16. The number of urea groups is 1. The Kier molecular flexibility index (Phi) is 4.82. The minimum Gasteiger partial charge on any atom is -0.478 e. The van der Waals surface area contributed by atoms with Gasteiger partial charge in [0.05, 0.1) is 13.2 Å². The Morgan fingerprint density at radius 2 is 2.19 bits per heavy atom. The van der Waals surface area contributed by atoms with Gasteiger partial charge in [0.25, 0.3) is 5.88 Å². The molecule has 0 saturated carbocycles. The summed E-state index contributed by atoms with van der Waals surface area (Å²) < 4.78 is 5.25. The minimum atomic E-state index is -0.0389. The van der Waals surface area contributed by atoms with Gasteiger partial charge < -0.3 is 19.9 Å². The molecule has 116 valence electrons. The van der Waals surface area contributed by atoms with Gasteiger partial charge in [0.1, 0.15) is 0 Å². The lowest BCUT2D eigenvalue weighted by Gasteiger charge is -2.26. The van der Waals surface area contributed by atoms with E-state index < -0.39 is 0 Å². The van der Waals surface area contributed by atoms with E-state index in [2.05, 4.69) is 20.2 Å². The zero-order valence-electron chi connectivity index (χ0n) is 13.0. The molecule has 2 amide bonds. The van der Waals surface area contributed by atoms with Gasteiger partial charge in [-0.2, -0.15) is 0 Å². The molecule has 0 unspecified atom stereocenters. The van der Waals surface area contributed by atoms with Gasteiger partial charge in [-0.15, -0.1) is 0 Å². The van der Waals surface area contributed by atoms with Gasteiger partial charge in [0.15, 0.2) is 5.82 Å². The summed E-state index contributed by atoms with van der Waals surface area (Å²) in [7, 11) is 3.42. The summed E-state index contributed by atoms with van der Waals surface area (Å²) in [5.41, 5.74) is 0. The SMILES string of the molecule is COc1nccnc1N1CC[C@@H](N(C)C(=O)NC(C)C)C1. The first-order valence-corrected chi connectivity index (χ1v) is 7.16. The van der Waals surface area contributed by atoms with Crippen molar-refractivity contribution in [3.05, 3.63) is 12.4 Å². The minimum absolute atomic E-state index is 0.0389. The molecule has 1 aromatic heterocycles. The molecule has 1 fully saturated rings. The van der Waals surface area contributed by atoms with Gasteiger partial charge in [-0.25, -0.2) is 14.8 Å². The number of carbonyl (C=O) groups excluding carboxylic acids is 1. The van der Waals surface area contributed by atoms with Gasteiger partial charge in [-0.3, -0.25) is 0 Å². The Labute approximate surface area is 125 Å². The van der Waals surface area contributed by atoms with Crippen LogP contribution in [0, 0.1) is 0 Å². The fraction of sp³-hybridized carbons (Fsp3) is 0.643. The van der Waals surface area contributed by atoms with Crippen molar-refractivity contribution in [3.63, 3.8) is 0 Å². The number of ether oxygens (including phenoxy) is 1. The van der Waals surface area contributed by atoms with Crippen LogP contribution in [0.4, 0.5) is 10.6 Å². The highest BCUT2D eigenvalue weighted by Crippen LogP contribution is 2.27. The van der Waals surface area contributed by atoms with Crippen molar-refractivity contribution >= 4 is 11.8 Å². The molecule has 7 nitrogen and oxygen atoms in total. The van der Waals surface area contributed by atoms with Crippen LogP contribution in [-0.4, -0.2) is 60.2 Å². The summed E-state index contributed by atoms with van der Waals surface area (Å²) in [5.74, 6) is 1.26. The average Bonchev–Trinajstić information content (AvgIpc) is 2.95. The van der Waals surface area contributed by atoms with Crippen LogP contribution in [0.2, 0.25) is 0 Å². The smallest absolute Gasteiger partial charge is 0.317 e. The van der Waals surface area contributed by atoms with E-state index in [0.29, 0.717) is 5.88 Å². The Bertz CT molecular complexity index is 494. The van der Waals surface area contributed by atoms with Crippen molar-refractivity contribution in [1.29, 1.82) is 0 Å². The number of nitrogens with zero attached hydrogens (tertiary/aromatic N) is 4. The Morgan fingerprint density at radius 3 is 2.86 bits per heavy atom. The van der Waals surface area contributed by atoms with Gasteiger partial charge in [-0.05, 0) is 20.3 Å². The number of aromatic nitrogens is 2. The van der Waals surface area contributed by atoms with E-state index >= 15 is 0 Å². The van der Waals surface area contributed by atoms with Crippen LogP contribution < -0.4 is 15.0 Å². The van der Waals surface area contributed by atoms with Crippen LogP contribution in [0.5, 0.6) is 5.88 Å². The predicted molar refractivity (Wildman–Crippen MR) is 80.6 cm³/mol. The highest BCUT2D eigenvalue weighted by atomic mass is 16.5. The number of methoxy groups -OCH3 is 1. The van der Waals surface area contributed by atoms with E-state index in [0.717, 1.165) is 25.3 Å². The normalized spacial score (nSPS) is 18.0. The van der Waals surface area contributed by atoms with Crippen molar-refractivity contribution in [2.45, 2.75) is 32.4 Å². The summed E-state index contributed by atoms with van der Waals surface area (Å²) in [4.78, 5) is 24.4. The zero-order chi connectivity index (χ0) is 15.4. The second kappa shape index (κ2) is 6.60. The maximum atomic E-state index is 12.1. The van der Waals surface area contributed by atoms with E-state index in [1.165, 1.54) is 0 Å². The summed E-state index contributed by atoms with van der Waals surface area (Å²) >= 11 is 0. The van der Waals surface area contributed by atoms with Gasteiger partial charge >= 0.3 is 6.03 Å². The van der Waals surface area contributed by atoms with E-state index in [4.69, 9.17) is 4.74 Å². The molecular formula is C14H23N5O2. The van der Waals surface area contributed by atoms with Crippen molar-refractivity contribution in [1.82, 2.24) is 20.2 Å². The molecule has 2 rings (SSSR count). The van der Waals surface area contributed by atoms with Crippen molar-refractivity contribution in [2.24, 2.45) is 0 Å². The summed E-state index contributed by atoms with van der Waals surface area (Å²) in [6, 6.07) is 0.260. The molecule has 1 aromatic rings. The average molecular weight is 293 g/mol. The Balaban J connectivity index is 2.01. The largest absolute Gasteiger partial charge is 0.478 e. The number of likely N-dealkylation sites (N-methyl/N-ethyl adjacent to an activating group) is 1. The van der Waals surface area contributed by atoms with E-state index in [-0.39, 0.29) is 18.1 Å². The maximum Gasteiger partial charge on any atom is 0.317 e. The van der Waals surface area contributed by atoms with Gasteiger partial charge in [0.2, 0.25) is 0 Å². The fourth-order valence-electron chi connectivity index (χ4n) is 2.44. The van der Waals surface area contributed by atoms with Gasteiger partial charge in [-0.1, -0.05) is 0 Å². The van der Waals surface area contributed by atoms with Crippen molar-refractivity contribution in [2.75, 3.05) is 32.1 Å². The quantitative estimate of drug-likeness (QED) is 0.900. The third-order valence-corrected chi connectivity index (χ3v) is 3.58. The van der Waals surface area contributed by atoms with Crippen LogP contribution in [-0.2, 0) is 0 Å². The number of nitrogens with one attached hydrogen (secondary N) is 1. The zero-order valence-corrected chi connectivity index (χ0v) is 13.0. The Morgan fingerprint density at radius 1 is 1.48 bits per heavy atom. The second-order valence-corrected chi connectivity index (χ2v) is 5.49. The number of carbonyl (C=O) groups is 1. The number of amides is 2. The molecule has 2 heterocycles. The monoisotopic (exact) mass is 293 g/mol. The lowest BCUT2D eigenvalue weighted by atomic mass is 10.2. The molecule has 7 heteroatoms. The van der Waals surface area contributed by atoms with Crippen LogP contribution in [0.3, 0.4) is 0 Å². The Hall–Kier alpha value is -2.05. The molecule has 21 heavy (non-hydrogen) atoms. The molecule has 0 aliphatic carbocycles. The standard InChI is InChI=1S/C14H23N5O2/c1-10(2)17-14(20)18(3)11-5-8-19(9-11)12-13(21-4)16-7-6-15-12/h6-7,10-11H,5,8-9H2,1-4H3,(H,17,20)/t11-/m1/s1. The van der Waals surface area contributed by atoms with Gasteiger partial charge in [0, 0.05) is 38.6 Å². The number of hydrogen-bond donors (Lipinski definition) is 1. The topological polar surface area (TPSA) is 70.6 Å². The molecule has 0 bridgehead atoms. The predicted octanol–water partition coefficient (Wildman–Crippen LogP) is 1.11. The molecule has 1 atom stereocenters. The number of rotatable bonds is 4. The molecule has 0 radical (unpaired) electrons. The highest BCUT2D eigenvalue weighted by Gasteiger charge is 2.30. The molecule has 0 aromatic carbocycles. The fourth-order valence-corrected chi connectivity index (χ4v) is 2.44. The van der Waals surface area contributed by atoms with Crippen molar-refractivity contribution < 1.29 is 9.53 Å². The first-order chi connectivity index (χ1) is 10.0. The highest BCUT2D eigenvalue weighted by molar-refractivity contribution is 5.74. The summed E-state index contributed by atoms with van der Waals surface area (Å²) in [5, 5.41) is 2.91. The molecular weight excluding hydrogens is 270 g/mol. The van der Waals surface area contributed by atoms with E-state index in [1.54, 1.807) is 24.4 Å². The first kappa shape index (κ1) is 15.3. The lowest BCUT2D eigenvalue weighted by Crippen LogP contribution is -2.46. The maximum absolute atomic E-state index is 12.1. The molecule has 1 saturated heterocycles. The van der Waals surface area contributed by atoms with Crippen LogP contribution in [0.15, 0.2) is 12.4 Å². The molecule has 1 N–H and O–H groups in total. The lowest BCUT2D eigenvalue weighted by molar-refractivity contribution is 0.191. The van der Waals surface area contributed by atoms with Crippen molar-refractivity contribution in [3.8, 4) is 5.88 Å². The van der Waals surface area contributed by atoms with Crippen LogP contribution in [0.1, 0.15) is 20.3 Å². The summed E-state index contributed by atoms with van der Waals surface area (Å²) in [6.45, 7) is 5.48. The number of hydrogen-bond acceptors (Lipinski definition) is 5. The second-order valence-electron chi connectivity index (χ2n) is 5.49. The molecule has 1 aliphatic heterocycles. The van der Waals surface area contributed by atoms with E-state index in [9.17, 15) is 4.79 Å². The van der Waals surface area contributed by atoms with E-state index in [1.807, 2.05) is 20.9 Å². The third kappa shape index (κ3) is 3.53. The van der Waals surface area contributed by atoms with Crippen LogP contribution >= 0.6 is 0 Å².